The van der Waals surface area contributed by atoms with E-state index in [-0.39, 0.29) is 11.3 Å². The Bertz CT molecular complexity index is 770. The molecule has 5 nitrogen and oxygen atoms in total. The quantitative estimate of drug-likeness (QED) is 0.635. The molecule has 2 rings (SSSR count). The Hall–Kier alpha value is -3.01. The van der Waals surface area contributed by atoms with Crippen molar-refractivity contribution in [1.29, 1.82) is 5.26 Å². The molecule has 0 aliphatic rings. The Morgan fingerprint density at radius 3 is 2.62 bits per heavy atom. The molecule has 0 unspecified atom stereocenters. The summed E-state index contributed by atoms with van der Waals surface area (Å²) in [7, 11) is 0. The number of nitrogens with zero attached hydrogens (tertiary/aromatic N) is 2. The molecule has 0 fully saturated rings. The maximum atomic E-state index is 13.8. The summed E-state index contributed by atoms with van der Waals surface area (Å²) in [5, 5.41) is 19.5. The lowest BCUT2D eigenvalue weighted by Crippen LogP contribution is -1.98. The highest BCUT2D eigenvalue weighted by Crippen LogP contribution is 2.33. The predicted molar refractivity (Wildman–Crippen MR) is 69.0 cm³/mol. The molecule has 7 heteroatoms. The van der Waals surface area contributed by atoms with Gasteiger partial charge in [-0.05, 0) is 18.6 Å². The normalized spacial score (nSPS) is 10.0. The smallest absolute Gasteiger partial charge is 0.307 e. The first-order chi connectivity index (χ1) is 9.93. The lowest BCUT2D eigenvalue weighted by molar-refractivity contribution is -0.387. The second kappa shape index (κ2) is 5.54. The largest absolute Gasteiger partial charge is 0.452 e. The fourth-order valence-corrected chi connectivity index (χ4v) is 1.72. The fourth-order valence-electron chi connectivity index (χ4n) is 1.72. The van der Waals surface area contributed by atoms with Crippen molar-refractivity contribution in [3.05, 3.63) is 63.2 Å². The highest BCUT2D eigenvalue weighted by atomic mass is 19.1. The minimum absolute atomic E-state index is 0.0761. The van der Waals surface area contributed by atoms with E-state index in [1.165, 1.54) is 6.07 Å². The minimum atomic E-state index is -1.22. The third-order valence-electron chi connectivity index (χ3n) is 2.74. The number of nitro benzene ring substituents is 1. The Labute approximate surface area is 118 Å². The number of rotatable bonds is 3. The van der Waals surface area contributed by atoms with E-state index < -0.39 is 28.0 Å². The molecule has 2 aromatic rings. The number of nitro groups is 1. The first-order valence-corrected chi connectivity index (χ1v) is 5.75. The third kappa shape index (κ3) is 2.79. The summed E-state index contributed by atoms with van der Waals surface area (Å²) in [4.78, 5) is 9.48. The molecule has 0 radical (unpaired) electrons. The summed E-state index contributed by atoms with van der Waals surface area (Å²) in [5.41, 5.74) is -0.287. The van der Waals surface area contributed by atoms with Crippen LogP contribution >= 0.6 is 0 Å². The van der Waals surface area contributed by atoms with Crippen LogP contribution in [0.15, 0.2) is 30.3 Å². The SMILES string of the molecule is Cc1cccc(C#N)c1Oc1cc(F)c([N+](=O)[O-])cc1F. The average molecular weight is 290 g/mol. The maximum absolute atomic E-state index is 13.8. The molecule has 0 saturated carbocycles. The van der Waals surface area contributed by atoms with Crippen molar-refractivity contribution in [3.63, 3.8) is 0 Å². The van der Waals surface area contributed by atoms with Crippen molar-refractivity contribution in [2.45, 2.75) is 6.92 Å². The standard InChI is InChI=1S/C14H8F2N2O3/c1-8-3-2-4-9(7-17)14(8)21-13-6-10(15)12(18(19)20)5-11(13)16/h2-6H,1H3. The van der Waals surface area contributed by atoms with Crippen LogP contribution in [0.4, 0.5) is 14.5 Å². The highest BCUT2D eigenvalue weighted by Gasteiger charge is 2.20. The zero-order chi connectivity index (χ0) is 15.6. The van der Waals surface area contributed by atoms with E-state index >= 15 is 0 Å². The van der Waals surface area contributed by atoms with Gasteiger partial charge in [0, 0.05) is 6.07 Å². The van der Waals surface area contributed by atoms with E-state index in [4.69, 9.17) is 10.00 Å². The molecular formula is C14H8F2N2O3. The fraction of sp³-hybridized carbons (Fsp3) is 0.0714. The van der Waals surface area contributed by atoms with Gasteiger partial charge < -0.3 is 4.74 Å². The zero-order valence-corrected chi connectivity index (χ0v) is 10.8. The van der Waals surface area contributed by atoms with Gasteiger partial charge in [-0.3, -0.25) is 10.1 Å². The molecule has 0 aliphatic carbocycles. The van der Waals surface area contributed by atoms with E-state index in [0.29, 0.717) is 17.7 Å². The van der Waals surface area contributed by atoms with Crippen LogP contribution in [0.2, 0.25) is 0 Å². The molecule has 0 heterocycles. The zero-order valence-electron chi connectivity index (χ0n) is 10.8. The van der Waals surface area contributed by atoms with E-state index in [2.05, 4.69) is 0 Å². The molecule has 21 heavy (non-hydrogen) atoms. The maximum Gasteiger partial charge on any atom is 0.307 e. The van der Waals surface area contributed by atoms with Crippen molar-refractivity contribution in [2.75, 3.05) is 0 Å². The summed E-state index contributed by atoms with van der Waals surface area (Å²) in [6, 6.07) is 7.61. The van der Waals surface area contributed by atoms with Crippen molar-refractivity contribution >= 4 is 5.69 Å². The van der Waals surface area contributed by atoms with Gasteiger partial charge in [0.05, 0.1) is 16.6 Å². The Morgan fingerprint density at radius 1 is 1.29 bits per heavy atom. The van der Waals surface area contributed by atoms with E-state index in [1.807, 2.05) is 6.07 Å². The minimum Gasteiger partial charge on any atom is -0.452 e. The third-order valence-corrected chi connectivity index (χ3v) is 2.74. The first kappa shape index (κ1) is 14.4. The molecule has 0 amide bonds. The summed E-state index contributed by atoms with van der Waals surface area (Å²) >= 11 is 0. The van der Waals surface area contributed by atoms with Crippen molar-refractivity contribution < 1.29 is 18.4 Å². The van der Waals surface area contributed by atoms with Crippen LogP contribution in [0.3, 0.4) is 0 Å². The number of hydrogen-bond donors (Lipinski definition) is 0. The van der Waals surface area contributed by atoms with Gasteiger partial charge in [-0.25, -0.2) is 4.39 Å². The van der Waals surface area contributed by atoms with E-state index in [1.54, 1.807) is 19.1 Å². The van der Waals surface area contributed by atoms with Crippen molar-refractivity contribution in [3.8, 4) is 17.6 Å². The van der Waals surface area contributed by atoms with E-state index in [0.717, 1.165) is 0 Å². The highest BCUT2D eigenvalue weighted by molar-refractivity contribution is 5.51. The van der Waals surface area contributed by atoms with Gasteiger partial charge in [-0.15, -0.1) is 0 Å². The first-order valence-electron chi connectivity index (χ1n) is 5.75. The van der Waals surface area contributed by atoms with Crippen LogP contribution in [0.5, 0.6) is 11.5 Å². The Balaban J connectivity index is 2.49. The molecule has 0 aliphatic heterocycles. The van der Waals surface area contributed by atoms with Crippen LogP contribution in [0.1, 0.15) is 11.1 Å². The number of ether oxygens (including phenoxy) is 1. The van der Waals surface area contributed by atoms with Crippen LogP contribution in [-0.4, -0.2) is 4.92 Å². The van der Waals surface area contributed by atoms with Crippen LogP contribution in [-0.2, 0) is 0 Å². The monoisotopic (exact) mass is 290 g/mol. The molecule has 0 spiro atoms. The molecular weight excluding hydrogens is 282 g/mol. The number of halogens is 2. The topological polar surface area (TPSA) is 76.2 Å². The van der Waals surface area contributed by atoms with Crippen LogP contribution in [0, 0.1) is 40.0 Å². The van der Waals surface area contributed by atoms with Crippen LogP contribution < -0.4 is 4.74 Å². The lowest BCUT2D eigenvalue weighted by Gasteiger charge is -2.11. The average Bonchev–Trinajstić information content (AvgIpc) is 2.44. The Kier molecular flexibility index (Phi) is 3.80. The van der Waals surface area contributed by atoms with Crippen LogP contribution in [0.25, 0.3) is 0 Å². The summed E-state index contributed by atoms with van der Waals surface area (Å²) in [5.74, 6) is -2.75. The van der Waals surface area contributed by atoms with Gasteiger partial charge in [-0.2, -0.15) is 9.65 Å². The summed E-state index contributed by atoms with van der Waals surface area (Å²) in [6.07, 6.45) is 0. The van der Waals surface area contributed by atoms with Gasteiger partial charge >= 0.3 is 5.69 Å². The molecule has 0 atom stereocenters. The number of hydrogen-bond acceptors (Lipinski definition) is 4. The molecule has 0 saturated heterocycles. The number of benzene rings is 2. The number of para-hydroxylation sites is 1. The Morgan fingerprint density at radius 2 is 2.00 bits per heavy atom. The summed E-state index contributed by atoms with van der Waals surface area (Å²) < 4.78 is 32.5. The second-order valence-corrected chi connectivity index (χ2v) is 4.16. The van der Waals surface area contributed by atoms with Gasteiger partial charge in [0.15, 0.2) is 11.6 Å². The molecule has 106 valence electrons. The summed E-state index contributed by atoms with van der Waals surface area (Å²) in [6.45, 7) is 1.63. The molecule has 2 aromatic carbocycles. The van der Waals surface area contributed by atoms with Gasteiger partial charge in [0.1, 0.15) is 11.8 Å². The van der Waals surface area contributed by atoms with Crippen molar-refractivity contribution in [1.82, 2.24) is 0 Å². The van der Waals surface area contributed by atoms with E-state index in [9.17, 15) is 18.9 Å². The number of aryl methyl sites for hydroxylation is 1. The second-order valence-electron chi connectivity index (χ2n) is 4.16. The molecule has 0 bridgehead atoms. The lowest BCUT2D eigenvalue weighted by atomic mass is 10.1. The molecule has 0 N–H and O–H groups in total. The van der Waals surface area contributed by atoms with Gasteiger partial charge in [0.25, 0.3) is 0 Å². The predicted octanol–water partition coefficient (Wildman–Crippen LogP) is 3.85. The van der Waals surface area contributed by atoms with Gasteiger partial charge in [-0.1, -0.05) is 12.1 Å². The van der Waals surface area contributed by atoms with Crippen molar-refractivity contribution in [2.24, 2.45) is 0 Å². The number of nitriles is 1. The molecule has 0 aromatic heterocycles. The van der Waals surface area contributed by atoms with Gasteiger partial charge in [0.2, 0.25) is 5.82 Å².